The molecule has 0 atom stereocenters. The van der Waals surface area contributed by atoms with Gasteiger partial charge in [0.25, 0.3) is 5.91 Å². The van der Waals surface area contributed by atoms with Crippen molar-refractivity contribution in [3.8, 4) is 5.75 Å². The van der Waals surface area contributed by atoms with Crippen molar-refractivity contribution in [1.82, 2.24) is 4.90 Å². The third-order valence-electron chi connectivity index (χ3n) is 3.94. The van der Waals surface area contributed by atoms with Crippen molar-refractivity contribution < 1.29 is 9.90 Å². The standard InChI is InChI=1S/C15H22N2O2/c1-11-3-2-4-13(14(11)18)15(19)17-9-6-12(5-8-16)7-10-17/h2-4,12,18H,5-10,16H2,1H3. The van der Waals surface area contributed by atoms with E-state index in [1.807, 2.05) is 11.0 Å². The molecule has 1 saturated heterocycles. The lowest BCUT2D eigenvalue weighted by Crippen LogP contribution is -2.38. The second-order valence-electron chi connectivity index (χ2n) is 5.28. The van der Waals surface area contributed by atoms with E-state index in [0.29, 0.717) is 11.5 Å². The number of phenols is 1. The maximum Gasteiger partial charge on any atom is 0.257 e. The van der Waals surface area contributed by atoms with Crippen LogP contribution in [0.3, 0.4) is 0 Å². The molecule has 1 aliphatic heterocycles. The monoisotopic (exact) mass is 262 g/mol. The van der Waals surface area contributed by atoms with Crippen LogP contribution >= 0.6 is 0 Å². The van der Waals surface area contributed by atoms with Gasteiger partial charge in [-0.3, -0.25) is 4.79 Å². The van der Waals surface area contributed by atoms with Crippen LogP contribution in [0.1, 0.15) is 35.2 Å². The lowest BCUT2D eigenvalue weighted by atomic mass is 9.93. The molecule has 1 fully saturated rings. The first-order valence-electron chi connectivity index (χ1n) is 6.91. The zero-order valence-electron chi connectivity index (χ0n) is 11.4. The first kappa shape index (κ1) is 13.9. The van der Waals surface area contributed by atoms with Gasteiger partial charge in [0, 0.05) is 13.1 Å². The third kappa shape index (κ3) is 3.07. The number of carbonyl (C=O) groups is 1. The number of amides is 1. The first-order chi connectivity index (χ1) is 9.13. The molecule has 3 N–H and O–H groups in total. The topological polar surface area (TPSA) is 66.6 Å². The summed E-state index contributed by atoms with van der Waals surface area (Å²) in [6, 6.07) is 5.31. The Kier molecular flexibility index (Phi) is 4.43. The summed E-state index contributed by atoms with van der Waals surface area (Å²) in [5.74, 6) is 0.684. The molecule has 1 amide bonds. The summed E-state index contributed by atoms with van der Waals surface area (Å²) in [6.07, 6.45) is 3.06. The molecule has 0 bridgehead atoms. The number of likely N-dealkylation sites (tertiary alicyclic amines) is 1. The average molecular weight is 262 g/mol. The fourth-order valence-corrected chi connectivity index (χ4v) is 2.66. The van der Waals surface area contributed by atoms with Crippen LogP contribution in [0, 0.1) is 12.8 Å². The zero-order chi connectivity index (χ0) is 13.8. The summed E-state index contributed by atoms with van der Waals surface area (Å²) in [6.45, 7) is 4.05. The number of benzene rings is 1. The highest BCUT2D eigenvalue weighted by molar-refractivity contribution is 5.97. The van der Waals surface area contributed by atoms with Crippen LogP contribution in [0.2, 0.25) is 0 Å². The van der Waals surface area contributed by atoms with Crippen LogP contribution < -0.4 is 5.73 Å². The highest BCUT2D eigenvalue weighted by atomic mass is 16.3. The van der Waals surface area contributed by atoms with E-state index < -0.39 is 0 Å². The van der Waals surface area contributed by atoms with Gasteiger partial charge in [0.05, 0.1) is 5.56 Å². The largest absolute Gasteiger partial charge is 0.507 e. The third-order valence-corrected chi connectivity index (χ3v) is 3.94. The van der Waals surface area contributed by atoms with Gasteiger partial charge in [-0.2, -0.15) is 0 Å². The molecule has 1 aliphatic rings. The molecule has 1 aromatic carbocycles. The molecule has 0 radical (unpaired) electrons. The molecule has 104 valence electrons. The Morgan fingerprint density at radius 1 is 1.42 bits per heavy atom. The number of piperidine rings is 1. The molecular weight excluding hydrogens is 240 g/mol. The number of hydrogen-bond donors (Lipinski definition) is 2. The van der Waals surface area contributed by atoms with Crippen molar-refractivity contribution in [2.24, 2.45) is 11.7 Å². The number of phenolic OH excluding ortho intramolecular Hbond substituents is 1. The second kappa shape index (κ2) is 6.06. The van der Waals surface area contributed by atoms with E-state index in [1.165, 1.54) is 0 Å². The maximum absolute atomic E-state index is 12.4. The fraction of sp³-hybridized carbons (Fsp3) is 0.533. The lowest BCUT2D eigenvalue weighted by Gasteiger charge is -2.32. The number of aryl methyl sites for hydroxylation is 1. The highest BCUT2D eigenvalue weighted by Crippen LogP contribution is 2.26. The smallest absolute Gasteiger partial charge is 0.257 e. The number of hydrogen-bond acceptors (Lipinski definition) is 3. The summed E-state index contributed by atoms with van der Waals surface area (Å²) in [5, 5.41) is 9.97. The van der Waals surface area contributed by atoms with Crippen LogP contribution in [-0.2, 0) is 0 Å². The van der Waals surface area contributed by atoms with Gasteiger partial charge >= 0.3 is 0 Å². The number of nitrogens with zero attached hydrogens (tertiary/aromatic N) is 1. The van der Waals surface area contributed by atoms with Crippen LogP contribution in [0.4, 0.5) is 0 Å². The molecule has 0 unspecified atom stereocenters. The van der Waals surface area contributed by atoms with Crippen molar-refractivity contribution in [2.75, 3.05) is 19.6 Å². The number of aromatic hydroxyl groups is 1. The quantitative estimate of drug-likeness (QED) is 0.874. The van der Waals surface area contributed by atoms with Gasteiger partial charge in [-0.15, -0.1) is 0 Å². The van der Waals surface area contributed by atoms with Gasteiger partial charge in [-0.25, -0.2) is 0 Å². The minimum atomic E-state index is -0.0626. The lowest BCUT2D eigenvalue weighted by molar-refractivity contribution is 0.0685. The van der Waals surface area contributed by atoms with Gasteiger partial charge < -0.3 is 15.7 Å². The number of nitrogens with two attached hydrogens (primary N) is 1. The molecule has 4 nitrogen and oxygen atoms in total. The highest BCUT2D eigenvalue weighted by Gasteiger charge is 2.24. The maximum atomic E-state index is 12.4. The van der Waals surface area contributed by atoms with Gasteiger partial charge in [0.2, 0.25) is 0 Å². The van der Waals surface area contributed by atoms with Crippen molar-refractivity contribution >= 4 is 5.91 Å². The first-order valence-corrected chi connectivity index (χ1v) is 6.91. The Balaban J connectivity index is 2.03. The average Bonchev–Trinajstić information content (AvgIpc) is 2.42. The Labute approximate surface area is 114 Å². The van der Waals surface area contributed by atoms with Crippen molar-refractivity contribution in [3.05, 3.63) is 29.3 Å². The minimum Gasteiger partial charge on any atom is -0.507 e. The zero-order valence-corrected chi connectivity index (χ0v) is 11.4. The molecule has 1 aromatic rings. The molecule has 19 heavy (non-hydrogen) atoms. The van der Waals surface area contributed by atoms with Crippen molar-refractivity contribution in [2.45, 2.75) is 26.2 Å². The van der Waals surface area contributed by atoms with Crippen molar-refractivity contribution in [3.63, 3.8) is 0 Å². The summed E-state index contributed by atoms with van der Waals surface area (Å²) >= 11 is 0. The molecule has 0 aliphatic carbocycles. The van der Waals surface area contributed by atoms with E-state index in [4.69, 9.17) is 5.73 Å². The van der Waals surface area contributed by atoms with E-state index >= 15 is 0 Å². The SMILES string of the molecule is Cc1cccc(C(=O)N2CCC(CCN)CC2)c1O. The molecule has 0 spiro atoms. The molecule has 2 rings (SSSR count). The molecule has 0 saturated carbocycles. The Bertz CT molecular complexity index is 451. The molecule has 4 heteroatoms. The second-order valence-corrected chi connectivity index (χ2v) is 5.28. The van der Waals surface area contributed by atoms with E-state index in [-0.39, 0.29) is 11.7 Å². The Hall–Kier alpha value is -1.55. The predicted octanol–water partition coefficient (Wildman–Crippen LogP) is 1.90. The molecule has 1 heterocycles. The van der Waals surface area contributed by atoms with Crippen LogP contribution in [-0.4, -0.2) is 35.5 Å². The summed E-state index contributed by atoms with van der Waals surface area (Å²) < 4.78 is 0. The minimum absolute atomic E-state index is 0.0626. The normalized spacial score (nSPS) is 16.6. The summed E-state index contributed by atoms with van der Waals surface area (Å²) in [5.41, 5.74) is 6.72. The Morgan fingerprint density at radius 2 is 2.11 bits per heavy atom. The van der Waals surface area contributed by atoms with Gasteiger partial charge in [-0.1, -0.05) is 12.1 Å². The van der Waals surface area contributed by atoms with E-state index in [2.05, 4.69) is 0 Å². The number of rotatable bonds is 3. The van der Waals surface area contributed by atoms with E-state index in [0.717, 1.165) is 44.5 Å². The Morgan fingerprint density at radius 3 is 2.74 bits per heavy atom. The van der Waals surface area contributed by atoms with Crippen LogP contribution in [0.15, 0.2) is 18.2 Å². The molecule has 0 aromatic heterocycles. The van der Waals surface area contributed by atoms with Crippen LogP contribution in [0.25, 0.3) is 0 Å². The summed E-state index contributed by atoms with van der Waals surface area (Å²) in [4.78, 5) is 14.2. The van der Waals surface area contributed by atoms with Gasteiger partial charge in [-0.05, 0) is 50.3 Å². The van der Waals surface area contributed by atoms with Gasteiger partial charge in [0.15, 0.2) is 0 Å². The fourth-order valence-electron chi connectivity index (χ4n) is 2.66. The van der Waals surface area contributed by atoms with Gasteiger partial charge in [0.1, 0.15) is 5.75 Å². The van der Waals surface area contributed by atoms with Crippen molar-refractivity contribution in [1.29, 1.82) is 0 Å². The number of carbonyl (C=O) groups excluding carboxylic acids is 1. The molecular formula is C15H22N2O2. The number of para-hydroxylation sites is 1. The van der Waals surface area contributed by atoms with E-state index in [9.17, 15) is 9.90 Å². The predicted molar refractivity (Wildman–Crippen MR) is 75.1 cm³/mol. The van der Waals surface area contributed by atoms with Crippen LogP contribution in [0.5, 0.6) is 5.75 Å². The van der Waals surface area contributed by atoms with E-state index in [1.54, 1.807) is 19.1 Å². The summed E-state index contributed by atoms with van der Waals surface area (Å²) in [7, 11) is 0.